The van der Waals surface area contributed by atoms with Crippen molar-refractivity contribution in [3.05, 3.63) is 71.5 Å². The Morgan fingerprint density at radius 3 is 2.41 bits per heavy atom. The monoisotopic (exact) mass is 438 g/mol. The maximum absolute atomic E-state index is 13.3. The van der Waals surface area contributed by atoms with Crippen molar-refractivity contribution >= 4 is 11.8 Å². The Hall–Kier alpha value is -2.77. The molecule has 1 saturated carbocycles. The predicted octanol–water partition coefficient (Wildman–Crippen LogP) is 2.54. The molecule has 2 aromatic rings. The summed E-state index contributed by atoms with van der Waals surface area (Å²) in [6, 6.07) is 16.1. The zero-order chi connectivity index (χ0) is 22.5. The number of amides is 2. The number of likely N-dealkylation sites (tertiary alicyclic amines) is 1. The molecule has 2 aliphatic rings. The fourth-order valence-corrected chi connectivity index (χ4v) is 4.57. The van der Waals surface area contributed by atoms with Crippen LogP contribution >= 0.6 is 0 Å². The Morgan fingerprint density at radius 1 is 1.03 bits per heavy atom. The predicted molar refractivity (Wildman–Crippen MR) is 121 cm³/mol. The van der Waals surface area contributed by atoms with Crippen LogP contribution in [0.1, 0.15) is 41.6 Å². The summed E-state index contributed by atoms with van der Waals surface area (Å²) >= 11 is 0. The normalized spacial score (nSPS) is 20.9. The molecule has 4 rings (SSSR count). The van der Waals surface area contributed by atoms with E-state index >= 15 is 0 Å². The summed E-state index contributed by atoms with van der Waals surface area (Å²) in [5.41, 5.74) is 7.23. The molecule has 2 atom stereocenters. The third-order valence-electron chi connectivity index (χ3n) is 6.37. The molecular weight excluding hydrogens is 407 g/mol. The molecule has 2 amide bonds. The number of nitrogens with one attached hydrogen (secondary N) is 1. The molecule has 1 saturated heterocycles. The minimum absolute atomic E-state index is 0.175. The Kier molecular flexibility index (Phi) is 7.17. The molecule has 1 heterocycles. The van der Waals surface area contributed by atoms with Crippen molar-refractivity contribution in [2.45, 2.75) is 50.4 Å². The summed E-state index contributed by atoms with van der Waals surface area (Å²) in [4.78, 5) is 30.4. The Labute approximate surface area is 188 Å². The highest BCUT2D eigenvalue weighted by Crippen LogP contribution is 2.35. The lowest BCUT2D eigenvalue weighted by atomic mass is 9.93. The third kappa shape index (κ3) is 5.34. The molecule has 1 aliphatic heterocycles. The number of rotatable bonds is 8. The van der Waals surface area contributed by atoms with E-state index < -0.39 is 11.9 Å². The van der Waals surface area contributed by atoms with E-state index in [1.165, 1.54) is 42.7 Å². The largest absolute Gasteiger partial charge is 0.353 e. The van der Waals surface area contributed by atoms with Crippen LogP contribution in [0.2, 0.25) is 0 Å². The number of carbonyl (C=O) groups excluding carboxylic acids is 2. The Balaban J connectivity index is 1.53. The molecule has 6 nitrogen and oxygen atoms in total. The summed E-state index contributed by atoms with van der Waals surface area (Å²) in [5.74, 6) is -0.804. The molecule has 0 bridgehead atoms. The van der Waals surface area contributed by atoms with Gasteiger partial charge in [-0.25, -0.2) is 4.39 Å². The van der Waals surface area contributed by atoms with E-state index in [9.17, 15) is 14.0 Å². The molecule has 1 aliphatic carbocycles. The first-order chi connectivity index (χ1) is 15.6. The van der Waals surface area contributed by atoms with Crippen LogP contribution < -0.4 is 11.1 Å². The van der Waals surface area contributed by atoms with Crippen LogP contribution in [0.4, 0.5) is 4.39 Å². The number of hydrogen-bond donors (Lipinski definition) is 2. The quantitative estimate of drug-likeness (QED) is 0.664. The first-order valence-corrected chi connectivity index (χ1v) is 11.4. The van der Waals surface area contributed by atoms with Gasteiger partial charge in [0.1, 0.15) is 11.9 Å². The van der Waals surface area contributed by atoms with Gasteiger partial charge < -0.3 is 16.0 Å². The SMILES string of the molecule is NCCNC(=O)[C@H]1CC(N(Cc2ccccc2)C2CC2)CCN1C(=O)c1ccc(F)cc1. The van der Waals surface area contributed by atoms with E-state index in [-0.39, 0.29) is 17.9 Å². The Bertz CT molecular complexity index is 917. The average Bonchev–Trinajstić information content (AvgIpc) is 3.67. The number of nitrogens with two attached hydrogens (primary N) is 1. The number of nitrogens with zero attached hydrogens (tertiary/aromatic N) is 2. The van der Waals surface area contributed by atoms with Gasteiger partial charge in [-0.05, 0) is 55.5 Å². The van der Waals surface area contributed by atoms with Gasteiger partial charge in [0.2, 0.25) is 5.91 Å². The molecule has 170 valence electrons. The van der Waals surface area contributed by atoms with Crippen molar-refractivity contribution in [2.75, 3.05) is 19.6 Å². The highest BCUT2D eigenvalue weighted by atomic mass is 19.1. The van der Waals surface area contributed by atoms with Gasteiger partial charge >= 0.3 is 0 Å². The molecule has 0 radical (unpaired) electrons. The van der Waals surface area contributed by atoms with Crippen LogP contribution in [0.5, 0.6) is 0 Å². The van der Waals surface area contributed by atoms with E-state index in [1.807, 2.05) is 18.2 Å². The van der Waals surface area contributed by atoms with Gasteiger partial charge in [-0.3, -0.25) is 14.5 Å². The Morgan fingerprint density at radius 2 is 1.75 bits per heavy atom. The van der Waals surface area contributed by atoms with Crippen LogP contribution in [0.15, 0.2) is 54.6 Å². The molecule has 7 heteroatoms. The lowest BCUT2D eigenvalue weighted by Gasteiger charge is -2.43. The van der Waals surface area contributed by atoms with Crippen LogP contribution in [-0.2, 0) is 11.3 Å². The maximum atomic E-state index is 13.3. The summed E-state index contributed by atoms with van der Waals surface area (Å²) < 4.78 is 13.3. The topological polar surface area (TPSA) is 78.7 Å². The second-order valence-electron chi connectivity index (χ2n) is 8.67. The smallest absolute Gasteiger partial charge is 0.254 e. The van der Waals surface area contributed by atoms with Crippen LogP contribution in [0, 0.1) is 5.82 Å². The van der Waals surface area contributed by atoms with E-state index in [0.29, 0.717) is 37.7 Å². The first-order valence-electron chi connectivity index (χ1n) is 11.4. The maximum Gasteiger partial charge on any atom is 0.254 e. The molecular formula is C25H31FN4O2. The number of halogens is 1. The second-order valence-corrected chi connectivity index (χ2v) is 8.67. The van der Waals surface area contributed by atoms with E-state index in [1.54, 1.807) is 4.90 Å². The summed E-state index contributed by atoms with van der Waals surface area (Å²) in [7, 11) is 0. The van der Waals surface area contributed by atoms with Crippen LogP contribution in [-0.4, -0.2) is 59.4 Å². The summed E-state index contributed by atoms with van der Waals surface area (Å²) in [6.07, 6.45) is 3.72. The molecule has 0 aromatic heterocycles. The van der Waals surface area contributed by atoms with Crippen molar-refractivity contribution in [3.8, 4) is 0 Å². The van der Waals surface area contributed by atoms with E-state index in [0.717, 1.165) is 13.0 Å². The summed E-state index contributed by atoms with van der Waals surface area (Å²) in [6.45, 7) is 2.05. The van der Waals surface area contributed by atoms with Crippen molar-refractivity contribution < 1.29 is 14.0 Å². The number of hydrogen-bond acceptors (Lipinski definition) is 4. The van der Waals surface area contributed by atoms with Crippen LogP contribution in [0.25, 0.3) is 0 Å². The highest BCUT2D eigenvalue weighted by molar-refractivity contribution is 5.97. The molecule has 32 heavy (non-hydrogen) atoms. The van der Waals surface area contributed by atoms with Crippen LogP contribution in [0.3, 0.4) is 0 Å². The number of carbonyl (C=O) groups is 2. The summed E-state index contributed by atoms with van der Waals surface area (Å²) in [5, 5.41) is 2.87. The minimum atomic E-state index is -0.574. The third-order valence-corrected chi connectivity index (χ3v) is 6.37. The van der Waals surface area contributed by atoms with Crippen molar-refractivity contribution in [1.29, 1.82) is 0 Å². The van der Waals surface area contributed by atoms with Gasteiger partial charge in [-0.2, -0.15) is 0 Å². The second kappa shape index (κ2) is 10.2. The van der Waals surface area contributed by atoms with E-state index in [4.69, 9.17) is 5.73 Å². The van der Waals surface area contributed by atoms with Gasteiger partial charge in [-0.1, -0.05) is 30.3 Å². The van der Waals surface area contributed by atoms with Crippen molar-refractivity contribution in [3.63, 3.8) is 0 Å². The van der Waals surface area contributed by atoms with Gasteiger partial charge in [0.15, 0.2) is 0 Å². The molecule has 0 spiro atoms. The number of piperidine rings is 1. The molecule has 2 fully saturated rings. The van der Waals surface area contributed by atoms with Gasteiger partial charge in [0, 0.05) is 43.8 Å². The first kappa shape index (κ1) is 22.4. The van der Waals surface area contributed by atoms with Crippen molar-refractivity contribution in [1.82, 2.24) is 15.1 Å². The molecule has 3 N–H and O–H groups in total. The molecule has 1 unspecified atom stereocenters. The van der Waals surface area contributed by atoms with Gasteiger partial charge in [0.05, 0.1) is 0 Å². The fraction of sp³-hybridized carbons (Fsp3) is 0.440. The minimum Gasteiger partial charge on any atom is -0.353 e. The lowest BCUT2D eigenvalue weighted by Crippen LogP contribution is -2.57. The lowest BCUT2D eigenvalue weighted by molar-refractivity contribution is -0.127. The average molecular weight is 439 g/mol. The molecule has 2 aromatic carbocycles. The van der Waals surface area contributed by atoms with Gasteiger partial charge in [-0.15, -0.1) is 0 Å². The number of benzene rings is 2. The fourth-order valence-electron chi connectivity index (χ4n) is 4.57. The van der Waals surface area contributed by atoms with E-state index in [2.05, 4.69) is 22.3 Å². The standard InChI is InChI=1S/C25H31FN4O2/c26-20-8-6-19(7-9-20)25(32)29-15-12-22(16-23(29)24(31)28-14-13-27)30(21-10-11-21)17-18-4-2-1-3-5-18/h1-9,21-23H,10-17,27H2,(H,28,31)/t22?,23-/m1/s1. The zero-order valence-electron chi connectivity index (χ0n) is 18.3. The highest BCUT2D eigenvalue weighted by Gasteiger charge is 2.42. The zero-order valence-corrected chi connectivity index (χ0v) is 18.3. The van der Waals surface area contributed by atoms with Crippen molar-refractivity contribution in [2.24, 2.45) is 5.73 Å². The van der Waals surface area contributed by atoms with Gasteiger partial charge in [0.25, 0.3) is 5.91 Å².